The molecule has 0 aromatic heterocycles. The van der Waals surface area contributed by atoms with Gasteiger partial charge in [0.1, 0.15) is 16.3 Å². The number of hydrogen-bond acceptors (Lipinski definition) is 6. The Morgan fingerprint density at radius 1 is 1.32 bits per heavy atom. The zero-order chi connectivity index (χ0) is 19.3. The van der Waals surface area contributed by atoms with Crippen LogP contribution >= 0.6 is 0 Å². The average molecular weight is 377 g/mol. The molecule has 0 atom stereocenters. The molecule has 1 amide bonds. The van der Waals surface area contributed by atoms with Crippen LogP contribution in [-0.2, 0) is 14.8 Å². The van der Waals surface area contributed by atoms with Gasteiger partial charge in [0.2, 0.25) is 10.0 Å². The Bertz CT molecular complexity index is 745. The third kappa shape index (κ3) is 7.01. The first-order valence-electron chi connectivity index (χ1n) is 7.33. The highest BCUT2D eigenvalue weighted by molar-refractivity contribution is 7.89. The van der Waals surface area contributed by atoms with Crippen molar-refractivity contribution in [2.75, 3.05) is 13.1 Å². The number of amides is 1. The van der Waals surface area contributed by atoms with E-state index in [0.717, 1.165) is 12.1 Å². The Kier molecular flexibility index (Phi) is 6.82. The van der Waals surface area contributed by atoms with Crippen molar-refractivity contribution in [2.45, 2.75) is 37.7 Å². The van der Waals surface area contributed by atoms with Gasteiger partial charge in [-0.05, 0) is 33.3 Å². The summed E-state index contributed by atoms with van der Waals surface area (Å²) in [5.41, 5.74) is -1.18. The molecule has 1 rings (SSSR count). The molecule has 0 fully saturated rings. The van der Waals surface area contributed by atoms with E-state index in [-0.39, 0.29) is 19.5 Å². The number of hydrogen-bond donors (Lipinski definition) is 2. The molecule has 0 saturated heterocycles. The highest BCUT2D eigenvalue weighted by atomic mass is 32.2. The van der Waals surface area contributed by atoms with Crippen molar-refractivity contribution in [3.63, 3.8) is 0 Å². The number of nitrogens with one attached hydrogen (secondary N) is 2. The summed E-state index contributed by atoms with van der Waals surface area (Å²) in [4.78, 5) is 20.4. The predicted molar refractivity (Wildman–Crippen MR) is 87.1 cm³/mol. The van der Waals surface area contributed by atoms with Crippen LogP contribution in [0.3, 0.4) is 0 Å². The number of alkyl carbamates (subject to hydrolysis) is 1. The summed E-state index contributed by atoms with van der Waals surface area (Å²) in [6.45, 7) is 5.14. The molecule has 0 heterocycles. The van der Waals surface area contributed by atoms with Crippen molar-refractivity contribution in [3.05, 3.63) is 34.1 Å². The van der Waals surface area contributed by atoms with Crippen molar-refractivity contribution in [3.8, 4) is 0 Å². The number of carbonyl (C=O) groups excluding carboxylic acids is 1. The lowest BCUT2D eigenvalue weighted by atomic mass is 10.2. The number of carbonyl (C=O) groups is 1. The van der Waals surface area contributed by atoms with Crippen LogP contribution in [0.5, 0.6) is 0 Å². The van der Waals surface area contributed by atoms with Crippen molar-refractivity contribution >= 4 is 21.8 Å². The zero-order valence-electron chi connectivity index (χ0n) is 14.0. The van der Waals surface area contributed by atoms with Crippen molar-refractivity contribution in [2.24, 2.45) is 0 Å². The first-order valence-corrected chi connectivity index (χ1v) is 8.81. The van der Waals surface area contributed by atoms with E-state index in [0.29, 0.717) is 6.07 Å². The molecule has 0 saturated carbocycles. The third-order valence-corrected chi connectivity index (χ3v) is 4.21. The standard InChI is InChI=1S/C14H20FN3O6S/c1-14(2,3)24-13(19)16-7-4-8-17-25(22,23)12-9-10(18(20)21)5-6-11(12)15/h5-6,9,17H,4,7-8H2,1-3H3,(H,16,19). The van der Waals surface area contributed by atoms with E-state index >= 15 is 0 Å². The molecule has 0 unspecified atom stereocenters. The van der Waals surface area contributed by atoms with Crippen molar-refractivity contribution in [1.29, 1.82) is 0 Å². The number of ether oxygens (including phenoxy) is 1. The lowest BCUT2D eigenvalue weighted by Gasteiger charge is -2.19. The minimum Gasteiger partial charge on any atom is -0.444 e. The number of nitro benzene ring substituents is 1. The number of benzene rings is 1. The van der Waals surface area contributed by atoms with Gasteiger partial charge in [-0.1, -0.05) is 0 Å². The van der Waals surface area contributed by atoms with E-state index in [9.17, 15) is 27.7 Å². The molecule has 1 aromatic carbocycles. The summed E-state index contributed by atoms with van der Waals surface area (Å²) in [5, 5.41) is 13.1. The van der Waals surface area contributed by atoms with E-state index in [4.69, 9.17) is 4.74 Å². The van der Waals surface area contributed by atoms with E-state index in [2.05, 4.69) is 10.0 Å². The molecule has 140 valence electrons. The molecular weight excluding hydrogens is 357 g/mol. The second kappa shape index (κ2) is 8.21. The molecule has 1 aromatic rings. The maximum absolute atomic E-state index is 13.7. The number of nitro groups is 1. The van der Waals surface area contributed by atoms with Crippen LogP contribution in [-0.4, -0.2) is 38.1 Å². The molecule has 0 spiro atoms. The fraction of sp³-hybridized carbons (Fsp3) is 0.500. The fourth-order valence-electron chi connectivity index (χ4n) is 1.69. The summed E-state index contributed by atoms with van der Waals surface area (Å²) >= 11 is 0. The molecule has 2 N–H and O–H groups in total. The smallest absolute Gasteiger partial charge is 0.407 e. The Balaban J connectivity index is 2.56. The molecule has 0 radical (unpaired) electrons. The first kappa shape index (κ1) is 20.8. The van der Waals surface area contributed by atoms with Crippen LogP contribution in [0.15, 0.2) is 23.1 Å². The lowest BCUT2D eigenvalue weighted by Crippen LogP contribution is -2.34. The van der Waals surface area contributed by atoms with Gasteiger partial charge in [0.15, 0.2) is 0 Å². The van der Waals surface area contributed by atoms with Gasteiger partial charge >= 0.3 is 6.09 Å². The number of non-ortho nitro benzene ring substituents is 1. The van der Waals surface area contributed by atoms with Gasteiger partial charge in [-0.25, -0.2) is 22.3 Å². The van der Waals surface area contributed by atoms with Gasteiger partial charge in [0.25, 0.3) is 5.69 Å². The molecule has 11 heteroatoms. The largest absolute Gasteiger partial charge is 0.444 e. The zero-order valence-corrected chi connectivity index (χ0v) is 14.9. The fourth-order valence-corrected chi connectivity index (χ4v) is 2.86. The normalized spacial score (nSPS) is 11.8. The molecule has 0 aliphatic carbocycles. The van der Waals surface area contributed by atoms with Crippen LogP contribution in [0.25, 0.3) is 0 Å². The van der Waals surface area contributed by atoms with E-state index in [1.165, 1.54) is 0 Å². The predicted octanol–water partition coefficient (Wildman–Crippen LogP) is 1.93. The third-order valence-electron chi connectivity index (χ3n) is 2.73. The first-order chi connectivity index (χ1) is 11.4. The molecule has 9 nitrogen and oxygen atoms in total. The molecular formula is C14H20FN3O6S. The minimum atomic E-state index is -4.25. The van der Waals surface area contributed by atoms with Gasteiger partial charge in [-0.2, -0.15) is 0 Å². The van der Waals surface area contributed by atoms with Crippen molar-refractivity contribution in [1.82, 2.24) is 10.0 Å². The van der Waals surface area contributed by atoms with E-state index in [1.807, 2.05) is 0 Å². The van der Waals surface area contributed by atoms with Crippen LogP contribution in [0.2, 0.25) is 0 Å². The molecule has 0 aliphatic heterocycles. The highest BCUT2D eigenvalue weighted by Gasteiger charge is 2.22. The Morgan fingerprint density at radius 3 is 2.52 bits per heavy atom. The van der Waals surface area contributed by atoms with Gasteiger partial charge in [-0.15, -0.1) is 0 Å². The number of sulfonamides is 1. The summed E-state index contributed by atoms with van der Waals surface area (Å²) in [7, 11) is -4.25. The van der Waals surface area contributed by atoms with E-state index in [1.54, 1.807) is 20.8 Å². The molecule has 0 aliphatic rings. The number of nitrogens with zero attached hydrogens (tertiary/aromatic N) is 1. The number of rotatable bonds is 7. The summed E-state index contributed by atoms with van der Waals surface area (Å²) in [6.07, 6.45) is -0.422. The monoisotopic (exact) mass is 377 g/mol. The van der Waals surface area contributed by atoms with Crippen LogP contribution in [0, 0.1) is 15.9 Å². The quantitative estimate of drug-likeness (QED) is 0.424. The minimum absolute atomic E-state index is 0.0970. The maximum Gasteiger partial charge on any atom is 0.407 e. The highest BCUT2D eigenvalue weighted by Crippen LogP contribution is 2.20. The van der Waals surface area contributed by atoms with E-state index < -0.39 is 43.0 Å². The van der Waals surface area contributed by atoms with Gasteiger partial charge in [0.05, 0.1) is 4.92 Å². The Labute approximate surface area is 144 Å². The molecule has 25 heavy (non-hydrogen) atoms. The topological polar surface area (TPSA) is 128 Å². The molecule has 0 bridgehead atoms. The summed E-state index contributed by atoms with van der Waals surface area (Å²) in [6, 6.07) is 2.24. The van der Waals surface area contributed by atoms with Crippen LogP contribution in [0.4, 0.5) is 14.9 Å². The number of halogens is 1. The van der Waals surface area contributed by atoms with Gasteiger partial charge < -0.3 is 10.1 Å². The SMILES string of the molecule is CC(C)(C)OC(=O)NCCCNS(=O)(=O)c1cc([N+](=O)[O-])ccc1F. The van der Waals surface area contributed by atoms with Crippen LogP contribution < -0.4 is 10.0 Å². The Hall–Kier alpha value is -2.27. The summed E-state index contributed by atoms with van der Waals surface area (Å²) in [5.74, 6) is -1.09. The van der Waals surface area contributed by atoms with Gasteiger partial charge in [-0.3, -0.25) is 10.1 Å². The maximum atomic E-state index is 13.7. The average Bonchev–Trinajstić information content (AvgIpc) is 2.44. The second-order valence-electron chi connectivity index (χ2n) is 6.05. The summed E-state index contributed by atoms with van der Waals surface area (Å²) < 4.78 is 44.8. The Morgan fingerprint density at radius 2 is 1.96 bits per heavy atom. The van der Waals surface area contributed by atoms with Crippen molar-refractivity contribution < 1.29 is 27.3 Å². The van der Waals surface area contributed by atoms with Gasteiger partial charge in [0, 0.05) is 25.2 Å². The second-order valence-corrected chi connectivity index (χ2v) is 7.79. The lowest BCUT2D eigenvalue weighted by molar-refractivity contribution is -0.385. The van der Waals surface area contributed by atoms with Crippen LogP contribution in [0.1, 0.15) is 27.2 Å².